The predicted molar refractivity (Wildman–Crippen MR) is 79.1 cm³/mol. The number of anilines is 1. The molecule has 6 nitrogen and oxygen atoms in total. The van der Waals surface area contributed by atoms with E-state index in [0.717, 1.165) is 5.56 Å². The third-order valence-corrected chi connectivity index (χ3v) is 4.05. The highest BCUT2D eigenvalue weighted by Gasteiger charge is 2.13. The van der Waals surface area contributed by atoms with Gasteiger partial charge in [0.2, 0.25) is 15.9 Å². The molecule has 0 saturated heterocycles. The Morgan fingerprint density at radius 2 is 2.10 bits per heavy atom. The van der Waals surface area contributed by atoms with Crippen LogP contribution in [0.15, 0.2) is 35.7 Å². The monoisotopic (exact) mass is 297 g/mol. The smallest absolute Gasteiger partial charge is 0.240 e. The number of sulfonamides is 1. The highest BCUT2D eigenvalue weighted by Crippen LogP contribution is 2.19. The van der Waals surface area contributed by atoms with Gasteiger partial charge in [-0.1, -0.05) is 12.1 Å². The standard InChI is InChI=1S/C13H19N3O3S/c1-4-7-15-9-13(17)16-12-8-11(6-5-10(12)2)20(18,19)14-3/h4-6,8,14-15H,1,7,9H2,2-3H3,(H,16,17). The summed E-state index contributed by atoms with van der Waals surface area (Å²) in [6, 6.07) is 4.58. The van der Waals surface area contributed by atoms with Crippen LogP contribution in [0.5, 0.6) is 0 Å². The van der Waals surface area contributed by atoms with Crippen LogP contribution in [-0.4, -0.2) is 34.5 Å². The summed E-state index contributed by atoms with van der Waals surface area (Å²) in [5.41, 5.74) is 1.27. The van der Waals surface area contributed by atoms with Crippen molar-refractivity contribution < 1.29 is 13.2 Å². The maximum atomic E-state index is 11.7. The average molecular weight is 297 g/mol. The average Bonchev–Trinajstić information content (AvgIpc) is 2.41. The number of carbonyl (C=O) groups excluding carboxylic acids is 1. The van der Waals surface area contributed by atoms with E-state index in [2.05, 4.69) is 21.9 Å². The van der Waals surface area contributed by atoms with Crippen molar-refractivity contribution >= 4 is 21.6 Å². The van der Waals surface area contributed by atoms with Gasteiger partial charge in [0.1, 0.15) is 0 Å². The van der Waals surface area contributed by atoms with E-state index in [1.807, 2.05) is 0 Å². The molecule has 0 aliphatic rings. The number of hydrogen-bond acceptors (Lipinski definition) is 4. The summed E-state index contributed by atoms with van der Waals surface area (Å²) in [6.45, 7) is 5.99. The van der Waals surface area contributed by atoms with Gasteiger partial charge < -0.3 is 10.6 Å². The molecule has 110 valence electrons. The minimum atomic E-state index is -3.52. The fourth-order valence-electron chi connectivity index (χ4n) is 1.50. The SMILES string of the molecule is C=CCNCC(=O)Nc1cc(S(=O)(=O)NC)ccc1C. The molecule has 3 N–H and O–H groups in total. The number of aryl methyl sites for hydroxylation is 1. The Labute approximate surface area is 119 Å². The highest BCUT2D eigenvalue weighted by atomic mass is 32.2. The first-order chi connectivity index (χ1) is 9.40. The topological polar surface area (TPSA) is 87.3 Å². The van der Waals surface area contributed by atoms with Gasteiger partial charge >= 0.3 is 0 Å². The summed E-state index contributed by atoms with van der Waals surface area (Å²) < 4.78 is 25.7. The van der Waals surface area contributed by atoms with E-state index in [4.69, 9.17) is 0 Å². The molecule has 0 unspecified atom stereocenters. The Hall–Kier alpha value is -1.70. The second-order valence-electron chi connectivity index (χ2n) is 4.15. The Balaban J connectivity index is 2.87. The molecule has 1 aromatic rings. The summed E-state index contributed by atoms with van der Waals surface area (Å²) in [7, 11) is -2.18. The molecule has 0 atom stereocenters. The number of carbonyl (C=O) groups is 1. The first kappa shape index (κ1) is 16.4. The van der Waals surface area contributed by atoms with Gasteiger partial charge in [-0.15, -0.1) is 6.58 Å². The summed E-state index contributed by atoms with van der Waals surface area (Å²) in [5, 5.41) is 5.55. The van der Waals surface area contributed by atoms with Crippen molar-refractivity contribution in [1.29, 1.82) is 0 Å². The summed E-state index contributed by atoms with van der Waals surface area (Å²) in [4.78, 5) is 11.8. The molecule has 0 fully saturated rings. The van der Waals surface area contributed by atoms with Crippen molar-refractivity contribution in [3.05, 3.63) is 36.4 Å². The van der Waals surface area contributed by atoms with Gasteiger partial charge in [0.25, 0.3) is 0 Å². The van der Waals surface area contributed by atoms with Gasteiger partial charge in [-0.3, -0.25) is 4.79 Å². The molecule has 20 heavy (non-hydrogen) atoms. The second kappa shape index (κ2) is 7.18. The Kier molecular flexibility index (Phi) is 5.87. The van der Waals surface area contributed by atoms with E-state index >= 15 is 0 Å². The van der Waals surface area contributed by atoms with Crippen molar-refractivity contribution in [2.45, 2.75) is 11.8 Å². The maximum Gasteiger partial charge on any atom is 0.240 e. The van der Waals surface area contributed by atoms with Crippen molar-refractivity contribution in [2.75, 3.05) is 25.5 Å². The molecule has 1 amide bonds. The third kappa shape index (κ3) is 4.44. The van der Waals surface area contributed by atoms with Gasteiger partial charge in [0, 0.05) is 12.2 Å². The Morgan fingerprint density at radius 3 is 2.70 bits per heavy atom. The molecular formula is C13H19N3O3S. The van der Waals surface area contributed by atoms with Crippen LogP contribution in [0.4, 0.5) is 5.69 Å². The van der Waals surface area contributed by atoms with Crippen LogP contribution in [0.1, 0.15) is 5.56 Å². The number of rotatable bonds is 7. The summed E-state index contributed by atoms with van der Waals surface area (Å²) >= 11 is 0. The van der Waals surface area contributed by atoms with E-state index in [1.54, 1.807) is 19.1 Å². The van der Waals surface area contributed by atoms with Crippen LogP contribution in [-0.2, 0) is 14.8 Å². The third-order valence-electron chi connectivity index (χ3n) is 2.64. The van der Waals surface area contributed by atoms with Gasteiger partial charge in [0.15, 0.2) is 0 Å². The minimum absolute atomic E-state index is 0.111. The molecule has 0 spiro atoms. The van der Waals surface area contributed by atoms with E-state index in [1.165, 1.54) is 19.2 Å². The zero-order valence-electron chi connectivity index (χ0n) is 11.6. The van der Waals surface area contributed by atoms with Gasteiger partial charge in [-0.2, -0.15) is 0 Å². The number of hydrogen-bond donors (Lipinski definition) is 3. The molecule has 0 aromatic heterocycles. The zero-order valence-corrected chi connectivity index (χ0v) is 12.4. The molecule has 0 heterocycles. The maximum absolute atomic E-state index is 11.7. The predicted octanol–water partition coefficient (Wildman–Crippen LogP) is 0.617. The normalized spacial score (nSPS) is 11.1. The van der Waals surface area contributed by atoms with Gasteiger partial charge in [0.05, 0.1) is 11.4 Å². The van der Waals surface area contributed by atoms with Gasteiger partial charge in [-0.05, 0) is 31.7 Å². The van der Waals surface area contributed by atoms with Crippen LogP contribution < -0.4 is 15.4 Å². The Morgan fingerprint density at radius 1 is 1.40 bits per heavy atom. The second-order valence-corrected chi connectivity index (χ2v) is 6.04. The molecule has 1 aromatic carbocycles. The molecule has 7 heteroatoms. The largest absolute Gasteiger partial charge is 0.325 e. The number of nitrogens with one attached hydrogen (secondary N) is 3. The lowest BCUT2D eigenvalue weighted by atomic mass is 10.2. The molecule has 1 rings (SSSR count). The lowest BCUT2D eigenvalue weighted by molar-refractivity contribution is -0.115. The number of amides is 1. The lowest BCUT2D eigenvalue weighted by Crippen LogP contribution is -2.28. The van der Waals surface area contributed by atoms with E-state index in [9.17, 15) is 13.2 Å². The molecule has 0 aliphatic heterocycles. The zero-order chi connectivity index (χ0) is 15.2. The summed E-state index contributed by atoms with van der Waals surface area (Å²) in [6.07, 6.45) is 1.65. The molecule has 0 aliphatic carbocycles. The van der Waals surface area contributed by atoms with E-state index < -0.39 is 10.0 Å². The molecular weight excluding hydrogens is 278 g/mol. The fraction of sp³-hybridized carbons (Fsp3) is 0.308. The molecule has 0 radical (unpaired) electrons. The van der Waals surface area contributed by atoms with Crippen LogP contribution in [0, 0.1) is 6.92 Å². The van der Waals surface area contributed by atoms with Crippen molar-refractivity contribution in [1.82, 2.24) is 10.0 Å². The van der Waals surface area contributed by atoms with Crippen LogP contribution >= 0.6 is 0 Å². The van der Waals surface area contributed by atoms with Crippen molar-refractivity contribution in [2.24, 2.45) is 0 Å². The van der Waals surface area contributed by atoms with Crippen molar-refractivity contribution in [3.8, 4) is 0 Å². The Bertz CT molecular complexity index is 597. The van der Waals surface area contributed by atoms with Crippen LogP contribution in [0.3, 0.4) is 0 Å². The lowest BCUT2D eigenvalue weighted by Gasteiger charge is -2.11. The quantitative estimate of drug-likeness (QED) is 0.508. The van der Waals surface area contributed by atoms with Gasteiger partial charge in [-0.25, -0.2) is 13.1 Å². The first-order valence-electron chi connectivity index (χ1n) is 6.06. The van der Waals surface area contributed by atoms with Crippen LogP contribution in [0.2, 0.25) is 0 Å². The fourth-order valence-corrected chi connectivity index (χ4v) is 2.26. The molecule has 0 bridgehead atoms. The number of benzene rings is 1. The first-order valence-corrected chi connectivity index (χ1v) is 7.54. The minimum Gasteiger partial charge on any atom is -0.325 e. The summed E-state index contributed by atoms with van der Waals surface area (Å²) in [5.74, 6) is -0.242. The van der Waals surface area contributed by atoms with Crippen LogP contribution in [0.25, 0.3) is 0 Å². The molecule has 0 saturated carbocycles. The van der Waals surface area contributed by atoms with E-state index in [0.29, 0.717) is 12.2 Å². The van der Waals surface area contributed by atoms with Crippen molar-refractivity contribution in [3.63, 3.8) is 0 Å². The van der Waals surface area contributed by atoms with E-state index in [-0.39, 0.29) is 17.3 Å². The highest BCUT2D eigenvalue weighted by molar-refractivity contribution is 7.89.